The van der Waals surface area contributed by atoms with E-state index in [-0.39, 0.29) is 29.5 Å². The lowest BCUT2D eigenvalue weighted by atomic mass is 9.98. The maximum Gasteiger partial charge on any atom is 0.408 e. The van der Waals surface area contributed by atoms with E-state index in [2.05, 4.69) is 10.6 Å². The SMILES string of the molecule is Cc1cccc(C)c1NC(=O)C(c1cccc(O)c1)N(C(=O)C(NC(=O)OC(C)(C)C)C(C)C)C1CC1. The molecule has 1 saturated carbocycles. The van der Waals surface area contributed by atoms with Crippen molar-refractivity contribution in [3.05, 3.63) is 59.2 Å². The largest absolute Gasteiger partial charge is 0.508 e. The van der Waals surface area contributed by atoms with Crippen molar-refractivity contribution in [2.45, 2.75) is 85.0 Å². The summed E-state index contributed by atoms with van der Waals surface area (Å²) in [5, 5.41) is 16.0. The van der Waals surface area contributed by atoms with Gasteiger partial charge in [0.15, 0.2) is 0 Å². The topological polar surface area (TPSA) is 108 Å². The average Bonchev–Trinajstić information content (AvgIpc) is 3.61. The molecular formula is C29H39N3O5. The molecule has 200 valence electrons. The van der Waals surface area contributed by atoms with E-state index in [1.54, 1.807) is 37.8 Å². The first-order chi connectivity index (χ1) is 17.3. The molecule has 8 nitrogen and oxygen atoms in total. The first-order valence-corrected chi connectivity index (χ1v) is 12.8. The molecule has 2 atom stereocenters. The zero-order valence-electron chi connectivity index (χ0n) is 22.8. The summed E-state index contributed by atoms with van der Waals surface area (Å²) in [7, 11) is 0. The van der Waals surface area contributed by atoms with Crippen molar-refractivity contribution in [3.8, 4) is 5.75 Å². The van der Waals surface area contributed by atoms with Gasteiger partial charge in [-0.05, 0) is 82.2 Å². The second-order valence-corrected chi connectivity index (χ2v) is 11.1. The van der Waals surface area contributed by atoms with E-state index in [1.165, 1.54) is 12.1 Å². The van der Waals surface area contributed by atoms with Crippen molar-refractivity contribution in [3.63, 3.8) is 0 Å². The van der Waals surface area contributed by atoms with Crippen LogP contribution in [0.3, 0.4) is 0 Å². The number of hydrogen-bond donors (Lipinski definition) is 3. The van der Waals surface area contributed by atoms with E-state index in [9.17, 15) is 19.5 Å². The summed E-state index contributed by atoms with van der Waals surface area (Å²) >= 11 is 0. The molecule has 2 aromatic carbocycles. The summed E-state index contributed by atoms with van der Waals surface area (Å²) in [6.45, 7) is 12.8. The van der Waals surface area contributed by atoms with Crippen LogP contribution in [0.1, 0.15) is 70.2 Å². The van der Waals surface area contributed by atoms with E-state index in [0.29, 0.717) is 11.3 Å². The number of carbonyl (C=O) groups is 3. The van der Waals surface area contributed by atoms with Crippen molar-refractivity contribution in [1.29, 1.82) is 0 Å². The molecular weight excluding hydrogens is 470 g/mol. The van der Waals surface area contributed by atoms with E-state index < -0.39 is 23.8 Å². The minimum Gasteiger partial charge on any atom is -0.508 e. The molecule has 3 N–H and O–H groups in total. The number of aryl methyl sites for hydroxylation is 2. The summed E-state index contributed by atoms with van der Waals surface area (Å²) in [6, 6.07) is 10.1. The molecule has 0 aromatic heterocycles. The van der Waals surface area contributed by atoms with Crippen LogP contribution < -0.4 is 10.6 Å². The van der Waals surface area contributed by atoms with Gasteiger partial charge in [-0.15, -0.1) is 0 Å². The number of phenolic OH excluding ortho intramolecular Hbond substituents is 1. The average molecular weight is 510 g/mol. The van der Waals surface area contributed by atoms with Crippen LogP contribution in [0.15, 0.2) is 42.5 Å². The van der Waals surface area contributed by atoms with Crippen LogP contribution in [0, 0.1) is 19.8 Å². The molecule has 1 fully saturated rings. The Morgan fingerprint density at radius 2 is 1.62 bits per heavy atom. The number of ether oxygens (including phenoxy) is 1. The van der Waals surface area contributed by atoms with Crippen LogP contribution in [0.5, 0.6) is 5.75 Å². The summed E-state index contributed by atoms with van der Waals surface area (Å²) in [4.78, 5) is 42.2. The van der Waals surface area contributed by atoms with Crippen LogP contribution >= 0.6 is 0 Å². The predicted molar refractivity (Wildman–Crippen MR) is 143 cm³/mol. The number of carbonyl (C=O) groups excluding carboxylic acids is 3. The Labute approximate surface area is 219 Å². The fourth-order valence-corrected chi connectivity index (χ4v) is 4.32. The minimum absolute atomic E-state index is 0.00198. The second-order valence-electron chi connectivity index (χ2n) is 11.1. The second kappa shape index (κ2) is 11.2. The van der Waals surface area contributed by atoms with Crippen molar-refractivity contribution in [2.24, 2.45) is 5.92 Å². The Balaban J connectivity index is 2.01. The van der Waals surface area contributed by atoms with Gasteiger partial charge in [0.2, 0.25) is 5.91 Å². The van der Waals surface area contributed by atoms with Gasteiger partial charge < -0.3 is 25.4 Å². The van der Waals surface area contributed by atoms with E-state index in [1.807, 2.05) is 45.9 Å². The number of nitrogens with one attached hydrogen (secondary N) is 2. The standard InChI is InChI=1S/C29H39N3O5/c1-17(2)23(31-28(36)37-29(5,6)7)27(35)32(21-14-15-21)25(20-12-9-13-22(33)16-20)26(34)30-24-18(3)10-8-11-19(24)4/h8-13,16-17,21,23,25,33H,14-15H2,1-7H3,(H,30,34)(H,31,36). The van der Waals surface area contributed by atoms with Crippen molar-refractivity contribution in [1.82, 2.24) is 10.2 Å². The molecule has 8 heteroatoms. The van der Waals surface area contributed by atoms with E-state index in [4.69, 9.17) is 4.74 Å². The maximum atomic E-state index is 14.1. The molecule has 0 saturated heterocycles. The van der Waals surface area contributed by atoms with Crippen LogP contribution in [0.25, 0.3) is 0 Å². The zero-order chi connectivity index (χ0) is 27.5. The fourth-order valence-electron chi connectivity index (χ4n) is 4.32. The number of hydrogen-bond acceptors (Lipinski definition) is 5. The number of amides is 3. The van der Waals surface area contributed by atoms with Crippen LogP contribution in [-0.2, 0) is 14.3 Å². The molecule has 0 aliphatic heterocycles. The van der Waals surface area contributed by atoms with Gasteiger partial charge in [0.05, 0.1) is 0 Å². The van der Waals surface area contributed by atoms with Gasteiger partial charge in [-0.3, -0.25) is 9.59 Å². The van der Waals surface area contributed by atoms with Gasteiger partial charge in [0, 0.05) is 11.7 Å². The number of para-hydroxylation sites is 1. The molecule has 0 radical (unpaired) electrons. The lowest BCUT2D eigenvalue weighted by Crippen LogP contribution is -2.55. The molecule has 0 bridgehead atoms. The number of rotatable bonds is 8. The highest BCUT2D eigenvalue weighted by Crippen LogP contribution is 2.37. The highest BCUT2D eigenvalue weighted by Gasteiger charge is 2.45. The maximum absolute atomic E-state index is 14.1. The summed E-state index contributed by atoms with van der Waals surface area (Å²) < 4.78 is 5.40. The molecule has 3 amide bonds. The fraction of sp³-hybridized carbons (Fsp3) is 0.483. The third-order valence-corrected chi connectivity index (χ3v) is 6.24. The third-order valence-electron chi connectivity index (χ3n) is 6.24. The van der Waals surface area contributed by atoms with Gasteiger partial charge in [0.25, 0.3) is 5.91 Å². The van der Waals surface area contributed by atoms with Gasteiger partial charge in [-0.25, -0.2) is 4.79 Å². The Kier molecular flexibility index (Phi) is 8.51. The Bertz CT molecular complexity index is 1130. The quantitative estimate of drug-likeness (QED) is 0.452. The lowest BCUT2D eigenvalue weighted by molar-refractivity contribution is -0.142. The number of nitrogens with zero attached hydrogens (tertiary/aromatic N) is 1. The predicted octanol–water partition coefficient (Wildman–Crippen LogP) is 5.23. The van der Waals surface area contributed by atoms with Crippen LogP contribution in [0.2, 0.25) is 0 Å². The molecule has 0 heterocycles. The number of aromatic hydroxyl groups is 1. The van der Waals surface area contributed by atoms with Gasteiger partial charge in [-0.1, -0.05) is 44.2 Å². The number of phenols is 1. The first-order valence-electron chi connectivity index (χ1n) is 12.8. The Hall–Kier alpha value is -3.55. The van der Waals surface area contributed by atoms with Gasteiger partial charge in [0.1, 0.15) is 23.4 Å². The smallest absolute Gasteiger partial charge is 0.408 e. The van der Waals surface area contributed by atoms with Gasteiger partial charge in [-0.2, -0.15) is 0 Å². The third kappa shape index (κ3) is 7.24. The molecule has 1 aliphatic rings. The van der Waals surface area contributed by atoms with Crippen molar-refractivity contribution in [2.75, 3.05) is 5.32 Å². The molecule has 1 aliphatic carbocycles. The number of anilines is 1. The van der Waals surface area contributed by atoms with E-state index >= 15 is 0 Å². The number of benzene rings is 2. The normalized spacial score (nSPS) is 15.0. The molecule has 0 spiro atoms. The van der Waals surface area contributed by atoms with Crippen molar-refractivity contribution >= 4 is 23.6 Å². The Morgan fingerprint density at radius 1 is 1.03 bits per heavy atom. The molecule has 3 rings (SSSR count). The van der Waals surface area contributed by atoms with Gasteiger partial charge >= 0.3 is 6.09 Å². The summed E-state index contributed by atoms with van der Waals surface area (Å²) in [5.74, 6) is -1.01. The molecule has 2 unspecified atom stereocenters. The highest BCUT2D eigenvalue weighted by molar-refractivity contribution is 6.00. The van der Waals surface area contributed by atoms with Crippen LogP contribution in [0.4, 0.5) is 10.5 Å². The summed E-state index contributed by atoms with van der Waals surface area (Å²) in [5.41, 5.74) is 2.26. The first kappa shape index (κ1) is 28.0. The lowest BCUT2D eigenvalue weighted by Gasteiger charge is -2.36. The highest BCUT2D eigenvalue weighted by atomic mass is 16.6. The van der Waals surface area contributed by atoms with Crippen molar-refractivity contribution < 1.29 is 24.2 Å². The minimum atomic E-state index is -1.01. The summed E-state index contributed by atoms with van der Waals surface area (Å²) in [6.07, 6.45) is 0.799. The monoisotopic (exact) mass is 509 g/mol. The Morgan fingerprint density at radius 3 is 2.14 bits per heavy atom. The zero-order valence-corrected chi connectivity index (χ0v) is 22.8. The van der Waals surface area contributed by atoms with Crippen LogP contribution in [-0.4, -0.2) is 45.6 Å². The molecule has 2 aromatic rings. The van der Waals surface area contributed by atoms with E-state index in [0.717, 1.165) is 24.0 Å². The molecule has 37 heavy (non-hydrogen) atoms. The number of alkyl carbamates (subject to hydrolysis) is 1.